The van der Waals surface area contributed by atoms with Gasteiger partial charge in [0.05, 0.1) is 12.2 Å². The van der Waals surface area contributed by atoms with Gasteiger partial charge in [0.2, 0.25) is 11.8 Å². The Morgan fingerprint density at radius 1 is 1.32 bits per heavy atom. The van der Waals surface area contributed by atoms with E-state index in [-0.39, 0.29) is 17.9 Å². The Labute approximate surface area is 111 Å². The van der Waals surface area contributed by atoms with Gasteiger partial charge < -0.3 is 9.80 Å². The minimum Gasteiger partial charge on any atom is -0.334 e. The predicted molar refractivity (Wildman–Crippen MR) is 66.8 cm³/mol. The van der Waals surface area contributed by atoms with Crippen molar-refractivity contribution in [3.8, 4) is 0 Å². The second-order valence-corrected chi connectivity index (χ2v) is 4.97. The van der Waals surface area contributed by atoms with E-state index in [4.69, 9.17) is 0 Å². The minimum atomic E-state index is -0.258. The van der Waals surface area contributed by atoms with Crippen molar-refractivity contribution in [1.29, 1.82) is 0 Å². The molecule has 100 valence electrons. The van der Waals surface area contributed by atoms with Crippen LogP contribution in [0.2, 0.25) is 0 Å². The normalized spacial score (nSPS) is 23.5. The van der Waals surface area contributed by atoms with Crippen LogP contribution in [0.1, 0.15) is 25.0 Å². The van der Waals surface area contributed by atoms with Gasteiger partial charge in [-0.1, -0.05) is 0 Å². The summed E-state index contributed by atoms with van der Waals surface area (Å²) in [5, 5.41) is 7.81. The fourth-order valence-corrected chi connectivity index (χ4v) is 2.79. The third kappa shape index (κ3) is 2.30. The Bertz CT molecular complexity index is 491. The maximum absolute atomic E-state index is 12.5. The second-order valence-electron chi connectivity index (χ2n) is 4.97. The Morgan fingerprint density at radius 2 is 2.21 bits per heavy atom. The highest BCUT2D eigenvalue weighted by Crippen LogP contribution is 2.23. The first kappa shape index (κ1) is 12.1. The van der Waals surface area contributed by atoms with Crippen molar-refractivity contribution in [2.75, 3.05) is 13.1 Å². The zero-order valence-electron chi connectivity index (χ0n) is 10.7. The summed E-state index contributed by atoms with van der Waals surface area (Å²) in [7, 11) is 0. The van der Waals surface area contributed by atoms with Crippen LogP contribution in [0.4, 0.5) is 0 Å². The molecule has 0 aromatic carbocycles. The standard InChI is InChI=1S/C13H16N4O2/c18-12-5-8-16(9-10-3-1-6-14-15-10)13(19)11-4-2-7-17(11)12/h1,3,6,11H,2,4-5,7-9H2. The molecule has 3 rings (SSSR count). The second kappa shape index (κ2) is 4.95. The average Bonchev–Trinajstić information content (AvgIpc) is 2.89. The van der Waals surface area contributed by atoms with Crippen LogP contribution < -0.4 is 0 Å². The molecule has 1 aromatic rings. The van der Waals surface area contributed by atoms with Crippen LogP contribution in [-0.4, -0.2) is 50.9 Å². The number of fused-ring (bicyclic) bond motifs is 1. The fourth-order valence-electron chi connectivity index (χ4n) is 2.79. The van der Waals surface area contributed by atoms with E-state index in [1.165, 1.54) is 0 Å². The molecule has 2 aliphatic rings. The first-order chi connectivity index (χ1) is 9.25. The number of nitrogens with zero attached hydrogens (tertiary/aromatic N) is 4. The molecule has 2 saturated heterocycles. The van der Waals surface area contributed by atoms with Crippen molar-refractivity contribution < 1.29 is 9.59 Å². The number of carbonyl (C=O) groups is 2. The van der Waals surface area contributed by atoms with Gasteiger partial charge in [-0.25, -0.2) is 0 Å². The maximum atomic E-state index is 12.5. The number of carbonyl (C=O) groups excluding carboxylic acids is 2. The Morgan fingerprint density at radius 3 is 3.00 bits per heavy atom. The smallest absolute Gasteiger partial charge is 0.245 e. The molecule has 1 atom stereocenters. The van der Waals surface area contributed by atoms with Gasteiger partial charge >= 0.3 is 0 Å². The first-order valence-corrected chi connectivity index (χ1v) is 6.60. The topological polar surface area (TPSA) is 66.4 Å². The molecule has 0 spiro atoms. The van der Waals surface area contributed by atoms with Crippen LogP contribution in [0.15, 0.2) is 18.3 Å². The van der Waals surface area contributed by atoms with Crippen LogP contribution in [0.5, 0.6) is 0 Å². The van der Waals surface area contributed by atoms with Crippen molar-refractivity contribution >= 4 is 11.8 Å². The van der Waals surface area contributed by atoms with E-state index in [1.807, 2.05) is 6.07 Å². The summed E-state index contributed by atoms with van der Waals surface area (Å²) in [5.74, 6) is 0.145. The lowest BCUT2D eigenvalue weighted by Gasteiger charge is -2.24. The van der Waals surface area contributed by atoms with Gasteiger partial charge in [0, 0.05) is 25.7 Å². The number of hydrogen-bond acceptors (Lipinski definition) is 4. The van der Waals surface area contributed by atoms with Crippen molar-refractivity contribution in [1.82, 2.24) is 20.0 Å². The van der Waals surface area contributed by atoms with E-state index in [2.05, 4.69) is 10.2 Å². The third-order valence-electron chi connectivity index (χ3n) is 3.75. The molecule has 2 aliphatic heterocycles. The molecule has 1 unspecified atom stereocenters. The minimum absolute atomic E-state index is 0.0500. The van der Waals surface area contributed by atoms with Gasteiger partial charge in [-0.05, 0) is 25.0 Å². The molecule has 0 N–H and O–H groups in total. The summed E-state index contributed by atoms with van der Waals surface area (Å²) in [6.07, 6.45) is 3.71. The van der Waals surface area contributed by atoms with Crippen molar-refractivity contribution in [2.24, 2.45) is 0 Å². The zero-order chi connectivity index (χ0) is 13.2. The van der Waals surface area contributed by atoms with E-state index in [1.54, 1.807) is 22.1 Å². The fraction of sp³-hybridized carbons (Fsp3) is 0.538. The molecule has 1 aromatic heterocycles. The highest BCUT2D eigenvalue weighted by atomic mass is 16.2. The summed E-state index contributed by atoms with van der Waals surface area (Å²) in [4.78, 5) is 27.9. The van der Waals surface area contributed by atoms with Crippen LogP contribution >= 0.6 is 0 Å². The van der Waals surface area contributed by atoms with Crippen LogP contribution in [-0.2, 0) is 16.1 Å². The van der Waals surface area contributed by atoms with Gasteiger partial charge in [-0.15, -0.1) is 0 Å². The maximum Gasteiger partial charge on any atom is 0.245 e. The molecule has 0 bridgehead atoms. The molecular weight excluding hydrogens is 244 g/mol. The van der Waals surface area contributed by atoms with E-state index in [0.29, 0.717) is 26.1 Å². The Kier molecular flexibility index (Phi) is 3.15. The summed E-state index contributed by atoms with van der Waals surface area (Å²) in [6, 6.07) is 3.39. The van der Waals surface area contributed by atoms with Crippen LogP contribution in [0.3, 0.4) is 0 Å². The molecule has 19 heavy (non-hydrogen) atoms. The van der Waals surface area contributed by atoms with E-state index in [0.717, 1.165) is 18.5 Å². The number of aromatic nitrogens is 2. The van der Waals surface area contributed by atoms with Gasteiger partial charge in [-0.2, -0.15) is 10.2 Å². The number of rotatable bonds is 2. The summed E-state index contributed by atoms with van der Waals surface area (Å²) < 4.78 is 0. The van der Waals surface area contributed by atoms with Gasteiger partial charge in [0.25, 0.3) is 0 Å². The van der Waals surface area contributed by atoms with Crippen molar-refractivity contribution in [3.63, 3.8) is 0 Å². The predicted octanol–water partition coefficient (Wildman–Crippen LogP) is 0.200. The number of amides is 2. The molecule has 0 radical (unpaired) electrons. The lowest BCUT2D eigenvalue weighted by atomic mass is 10.2. The largest absolute Gasteiger partial charge is 0.334 e. The molecule has 2 fully saturated rings. The molecular formula is C13H16N4O2. The molecule has 2 amide bonds. The lowest BCUT2D eigenvalue weighted by Crippen LogP contribution is -2.43. The summed E-state index contributed by atoms with van der Waals surface area (Å²) in [5.41, 5.74) is 0.759. The Balaban J connectivity index is 1.78. The highest BCUT2D eigenvalue weighted by Gasteiger charge is 2.39. The molecule has 6 nitrogen and oxygen atoms in total. The van der Waals surface area contributed by atoms with Gasteiger partial charge in [0.15, 0.2) is 0 Å². The molecule has 3 heterocycles. The molecule has 6 heteroatoms. The SMILES string of the molecule is O=C1C2CCCN2C(=O)CCN1Cc1cccnn1. The molecule has 0 saturated carbocycles. The van der Waals surface area contributed by atoms with E-state index < -0.39 is 0 Å². The van der Waals surface area contributed by atoms with Crippen LogP contribution in [0.25, 0.3) is 0 Å². The summed E-state index contributed by atoms with van der Waals surface area (Å²) in [6.45, 7) is 1.62. The van der Waals surface area contributed by atoms with Gasteiger partial charge in [0.1, 0.15) is 6.04 Å². The van der Waals surface area contributed by atoms with E-state index >= 15 is 0 Å². The zero-order valence-corrected chi connectivity index (χ0v) is 10.7. The highest BCUT2D eigenvalue weighted by molar-refractivity contribution is 5.90. The third-order valence-corrected chi connectivity index (χ3v) is 3.75. The molecule has 0 aliphatic carbocycles. The van der Waals surface area contributed by atoms with E-state index in [9.17, 15) is 9.59 Å². The van der Waals surface area contributed by atoms with Gasteiger partial charge in [-0.3, -0.25) is 9.59 Å². The Hall–Kier alpha value is -1.98. The lowest BCUT2D eigenvalue weighted by molar-refractivity contribution is -0.139. The average molecular weight is 260 g/mol. The van der Waals surface area contributed by atoms with Crippen molar-refractivity contribution in [2.45, 2.75) is 31.8 Å². The monoisotopic (exact) mass is 260 g/mol. The number of hydrogen-bond donors (Lipinski definition) is 0. The quantitative estimate of drug-likeness (QED) is 0.762. The summed E-state index contributed by atoms with van der Waals surface area (Å²) >= 11 is 0. The van der Waals surface area contributed by atoms with Crippen molar-refractivity contribution in [3.05, 3.63) is 24.0 Å². The van der Waals surface area contributed by atoms with Crippen LogP contribution in [0, 0.1) is 0 Å². The first-order valence-electron chi connectivity index (χ1n) is 6.60.